The summed E-state index contributed by atoms with van der Waals surface area (Å²) in [5.74, 6) is 0.873. The van der Waals surface area contributed by atoms with Crippen LogP contribution in [0.25, 0.3) is 16.7 Å². The summed E-state index contributed by atoms with van der Waals surface area (Å²) in [5, 5.41) is 17.8. The summed E-state index contributed by atoms with van der Waals surface area (Å²) in [5.41, 5.74) is 9.57. The van der Waals surface area contributed by atoms with E-state index in [0.717, 1.165) is 11.3 Å². The van der Waals surface area contributed by atoms with Gasteiger partial charge in [-0.05, 0) is 36.8 Å². The molecule has 0 bridgehead atoms. The van der Waals surface area contributed by atoms with Gasteiger partial charge in [0.05, 0.1) is 23.5 Å². The zero-order valence-corrected chi connectivity index (χ0v) is 17.1. The van der Waals surface area contributed by atoms with Crippen LogP contribution >= 0.6 is 0 Å². The fourth-order valence-electron chi connectivity index (χ4n) is 3.32. The molecule has 1 amide bonds. The lowest BCUT2D eigenvalue weighted by atomic mass is 10.1. The number of H-pyrrole nitrogens is 1. The molecule has 3 heterocycles. The predicted molar refractivity (Wildman–Crippen MR) is 122 cm³/mol. The zero-order valence-electron chi connectivity index (χ0n) is 17.1. The molecule has 0 unspecified atom stereocenters. The summed E-state index contributed by atoms with van der Waals surface area (Å²) in [6, 6.07) is 16.7. The highest BCUT2D eigenvalue weighted by molar-refractivity contribution is 6.04. The number of hydrogen-bond acceptors (Lipinski definition) is 7. The topological polar surface area (TPSA) is 139 Å². The van der Waals surface area contributed by atoms with Crippen molar-refractivity contribution in [2.45, 2.75) is 6.92 Å². The fourth-order valence-corrected chi connectivity index (χ4v) is 3.32. The van der Waals surface area contributed by atoms with E-state index in [4.69, 9.17) is 5.73 Å². The van der Waals surface area contributed by atoms with E-state index in [-0.39, 0.29) is 11.9 Å². The van der Waals surface area contributed by atoms with Crippen LogP contribution in [0.1, 0.15) is 15.9 Å². The molecule has 10 heteroatoms. The fraction of sp³-hybridized carbons (Fsp3) is 0.0455. The van der Waals surface area contributed by atoms with Crippen LogP contribution in [0.15, 0.2) is 67.0 Å². The molecule has 158 valence electrons. The molecule has 5 aromatic rings. The minimum Gasteiger partial charge on any atom is -0.368 e. The Kier molecular flexibility index (Phi) is 4.71. The summed E-state index contributed by atoms with van der Waals surface area (Å²) in [4.78, 5) is 21.4. The van der Waals surface area contributed by atoms with Gasteiger partial charge < -0.3 is 16.4 Å². The summed E-state index contributed by atoms with van der Waals surface area (Å²) in [7, 11) is 0. The molecule has 3 aromatic heterocycles. The maximum Gasteiger partial charge on any atom is 0.256 e. The summed E-state index contributed by atoms with van der Waals surface area (Å²) < 4.78 is 1.71. The highest BCUT2D eigenvalue weighted by Crippen LogP contribution is 2.28. The van der Waals surface area contributed by atoms with Gasteiger partial charge >= 0.3 is 0 Å². The lowest BCUT2D eigenvalue weighted by Crippen LogP contribution is -2.13. The number of anilines is 4. The van der Waals surface area contributed by atoms with Crippen LogP contribution in [0.4, 0.5) is 23.3 Å². The quantitative estimate of drug-likeness (QED) is 0.338. The Balaban J connectivity index is 1.50. The number of rotatable bonds is 5. The molecule has 10 nitrogen and oxygen atoms in total. The first-order valence-electron chi connectivity index (χ1n) is 9.83. The van der Waals surface area contributed by atoms with Crippen molar-refractivity contribution in [1.82, 2.24) is 29.9 Å². The van der Waals surface area contributed by atoms with Crippen LogP contribution in [-0.2, 0) is 0 Å². The molecule has 32 heavy (non-hydrogen) atoms. The average Bonchev–Trinajstić information content (AvgIpc) is 3.45. The monoisotopic (exact) mass is 425 g/mol. The van der Waals surface area contributed by atoms with Crippen LogP contribution in [-0.4, -0.2) is 35.9 Å². The van der Waals surface area contributed by atoms with Gasteiger partial charge in [-0.3, -0.25) is 9.89 Å². The third-order valence-corrected chi connectivity index (χ3v) is 4.95. The van der Waals surface area contributed by atoms with Crippen molar-refractivity contribution in [3.8, 4) is 5.69 Å². The molecular weight excluding hydrogens is 406 g/mol. The highest BCUT2D eigenvalue weighted by atomic mass is 16.1. The second kappa shape index (κ2) is 7.84. The number of hydrogen-bond donors (Lipinski definition) is 4. The average molecular weight is 425 g/mol. The molecular formula is C22H19N9O. The molecule has 0 spiro atoms. The van der Waals surface area contributed by atoms with E-state index >= 15 is 0 Å². The van der Waals surface area contributed by atoms with Gasteiger partial charge in [-0.2, -0.15) is 20.2 Å². The maximum atomic E-state index is 12.6. The smallest absolute Gasteiger partial charge is 0.256 e. The second-order valence-electron chi connectivity index (χ2n) is 7.14. The minimum absolute atomic E-state index is 0.114. The van der Waals surface area contributed by atoms with Crippen LogP contribution in [0.2, 0.25) is 0 Å². The zero-order chi connectivity index (χ0) is 22.1. The van der Waals surface area contributed by atoms with Gasteiger partial charge in [-0.25, -0.2) is 4.68 Å². The van der Waals surface area contributed by atoms with E-state index in [9.17, 15) is 4.79 Å². The van der Waals surface area contributed by atoms with E-state index in [1.165, 1.54) is 0 Å². The number of carbonyl (C=O) groups excluding carboxylic acids is 1. The minimum atomic E-state index is -0.262. The van der Waals surface area contributed by atoms with Crippen molar-refractivity contribution in [2.75, 3.05) is 16.4 Å². The normalized spacial score (nSPS) is 10.9. The Morgan fingerprint density at radius 1 is 1.09 bits per heavy atom. The Morgan fingerprint density at radius 2 is 1.94 bits per heavy atom. The number of aryl methyl sites for hydroxylation is 1. The van der Waals surface area contributed by atoms with Crippen molar-refractivity contribution in [3.05, 3.63) is 78.1 Å². The standard InChI is InChI=1S/C22H19N9O/c1-13-7-8-14(21(32)27-18-9-10-24-30-18)11-17(13)26-19-16-12-25-31(15-5-3-2-4-6-15)20(16)29-22(23)28-19/h2-12H,1H3,(H3,23,26,28,29)(H2,24,27,30,32). The van der Waals surface area contributed by atoms with Crippen molar-refractivity contribution in [1.29, 1.82) is 0 Å². The van der Waals surface area contributed by atoms with Gasteiger partial charge in [0.25, 0.3) is 5.91 Å². The van der Waals surface area contributed by atoms with Crippen LogP contribution in [0.5, 0.6) is 0 Å². The van der Waals surface area contributed by atoms with Gasteiger partial charge in [-0.1, -0.05) is 24.3 Å². The first-order chi connectivity index (χ1) is 15.6. The SMILES string of the molecule is Cc1ccc(C(=O)Nc2ccn[nH]2)cc1Nc1nc(N)nc2c1cnn2-c1ccccc1. The number of nitrogens with two attached hydrogens (primary N) is 1. The van der Waals surface area contributed by atoms with Gasteiger partial charge in [0.2, 0.25) is 5.95 Å². The van der Waals surface area contributed by atoms with Gasteiger partial charge in [0.1, 0.15) is 11.6 Å². The first-order valence-corrected chi connectivity index (χ1v) is 9.83. The van der Waals surface area contributed by atoms with E-state index < -0.39 is 0 Å². The van der Waals surface area contributed by atoms with Crippen molar-refractivity contribution in [2.24, 2.45) is 0 Å². The number of nitrogens with one attached hydrogen (secondary N) is 3. The molecule has 0 aliphatic heterocycles. The summed E-state index contributed by atoms with van der Waals surface area (Å²) in [6.07, 6.45) is 3.26. The third kappa shape index (κ3) is 3.60. The largest absolute Gasteiger partial charge is 0.368 e. The summed E-state index contributed by atoms with van der Waals surface area (Å²) >= 11 is 0. The Morgan fingerprint density at radius 3 is 2.72 bits per heavy atom. The second-order valence-corrected chi connectivity index (χ2v) is 7.14. The third-order valence-electron chi connectivity index (χ3n) is 4.95. The first kappa shape index (κ1) is 19.2. The molecule has 0 aliphatic rings. The molecule has 0 saturated heterocycles. The van der Waals surface area contributed by atoms with Crippen molar-refractivity contribution >= 4 is 40.2 Å². The lowest BCUT2D eigenvalue weighted by molar-refractivity contribution is 0.102. The molecule has 0 saturated carbocycles. The number of aromatic nitrogens is 6. The number of carbonyl (C=O) groups is 1. The molecule has 5 rings (SSSR count). The van der Waals surface area contributed by atoms with Crippen LogP contribution in [0.3, 0.4) is 0 Å². The van der Waals surface area contributed by atoms with E-state index in [1.807, 2.05) is 43.3 Å². The van der Waals surface area contributed by atoms with Crippen LogP contribution in [0, 0.1) is 6.92 Å². The molecule has 0 fully saturated rings. The highest BCUT2D eigenvalue weighted by Gasteiger charge is 2.15. The Bertz CT molecular complexity index is 1410. The van der Waals surface area contributed by atoms with Gasteiger partial charge in [-0.15, -0.1) is 0 Å². The molecule has 0 aliphatic carbocycles. The van der Waals surface area contributed by atoms with Gasteiger partial charge in [0, 0.05) is 17.3 Å². The number of nitrogen functional groups attached to an aromatic ring is 1. The number of para-hydroxylation sites is 1. The van der Waals surface area contributed by atoms with Crippen molar-refractivity contribution < 1.29 is 4.79 Å². The molecule has 5 N–H and O–H groups in total. The predicted octanol–water partition coefficient (Wildman–Crippen LogP) is 3.43. The number of nitrogens with zero attached hydrogens (tertiary/aromatic N) is 5. The summed E-state index contributed by atoms with van der Waals surface area (Å²) in [6.45, 7) is 1.94. The van der Waals surface area contributed by atoms with Crippen molar-refractivity contribution in [3.63, 3.8) is 0 Å². The van der Waals surface area contributed by atoms with E-state index in [0.29, 0.717) is 33.9 Å². The number of amides is 1. The maximum absolute atomic E-state index is 12.6. The molecule has 2 aromatic carbocycles. The number of aromatic amines is 1. The number of fused-ring (bicyclic) bond motifs is 1. The van der Waals surface area contributed by atoms with E-state index in [2.05, 4.69) is 35.9 Å². The molecule has 0 atom stereocenters. The lowest BCUT2D eigenvalue weighted by Gasteiger charge is -2.12. The molecule has 0 radical (unpaired) electrons. The van der Waals surface area contributed by atoms with Crippen LogP contribution < -0.4 is 16.4 Å². The number of benzene rings is 2. The Labute approximate surface area is 182 Å². The van der Waals surface area contributed by atoms with E-state index in [1.54, 1.807) is 35.3 Å². The Hall–Kier alpha value is -4.73. The van der Waals surface area contributed by atoms with Gasteiger partial charge in [0.15, 0.2) is 5.65 Å².